The molecule has 0 aromatic heterocycles. The Hall–Kier alpha value is -2.38. The molecule has 8 heteroatoms. The lowest BCUT2D eigenvalue weighted by molar-refractivity contribution is -0.508. The van der Waals surface area contributed by atoms with Crippen molar-refractivity contribution < 1.29 is 24.0 Å². The van der Waals surface area contributed by atoms with Gasteiger partial charge in [-0.25, -0.2) is 4.79 Å². The topological polar surface area (TPSA) is 108 Å². The summed E-state index contributed by atoms with van der Waals surface area (Å²) in [4.78, 5) is 33.4. The number of rotatable bonds is 8. The number of alkyl carbamates (subject to hydrolysis) is 1. The fourth-order valence-electron chi connectivity index (χ4n) is 2.08. The average Bonchev–Trinajstić information content (AvgIpc) is 2.49. The highest BCUT2D eigenvalue weighted by molar-refractivity contribution is 5.71. The number of hydrogen-bond donors (Lipinski definition) is 1. The standard InChI is InChI=1S/C17H26N2O6/c1-17(2,3)25-16(21)18-12-6-4-5-7-15(20)24-14-10-8-13(9-11-14)19(22)23/h8,10-11,13H,4-7,9,12H2,1-3H3,(H,18,21). The van der Waals surface area contributed by atoms with E-state index >= 15 is 0 Å². The maximum atomic E-state index is 11.7. The van der Waals surface area contributed by atoms with Crippen LogP contribution >= 0.6 is 0 Å². The molecule has 1 rings (SSSR count). The second-order valence-electron chi connectivity index (χ2n) is 6.77. The summed E-state index contributed by atoms with van der Waals surface area (Å²) in [6, 6.07) is -0.750. The minimum absolute atomic E-state index is 0.225. The first-order valence-corrected chi connectivity index (χ1v) is 8.37. The highest BCUT2D eigenvalue weighted by Gasteiger charge is 2.19. The van der Waals surface area contributed by atoms with Crippen LogP contribution in [0.15, 0.2) is 24.0 Å². The molecular formula is C17H26N2O6. The number of nitrogens with one attached hydrogen (secondary N) is 1. The second-order valence-corrected chi connectivity index (χ2v) is 6.77. The number of nitrogens with zero attached hydrogens (tertiary/aromatic N) is 1. The molecule has 1 N–H and O–H groups in total. The van der Waals surface area contributed by atoms with Crippen LogP contribution in [-0.2, 0) is 14.3 Å². The van der Waals surface area contributed by atoms with Crippen LogP contribution in [0.2, 0.25) is 0 Å². The third-order valence-electron chi connectivity index (χ3n) is 3.27. The van der Waals surface area contributed by atoms with E-state index in [1.807, 2.05) is 0 Å². The molecule has 0 aromatic rings. The number of unbranched alkanes of at least 4 members (excludes halogenated alkanes) is 2. The van der Waals surface area contributed by atoms with Gasteiger partial charge in [-0.15, -0.1) is 0 Å². The van der Waals surface area contributed by atoms with Gasteiger partial charge >= 0.3 is 12.1 Å². The molecule has 0 heterocycles. The van der Waals surface area contributed by atoms with Crippen LogP contribution in [-0.4, -0.2) is 35.2 Å². The molecule has 1 amide bonds. The number of esters is 1. The van der Waals surface area contributed by atoms with Gasteiger partial charge in [-0.3, -0.25) is 14.9 Å². The number of amides is 1. The van der Waals surface area contributed by atoms with Gasteiger partial charge in [-0.2, -0.15) is 0 Å². The molecule has 25 heavy (non-hydrogen) atoms. The van der Waals surface area contributed by atoms with Gasteiger partial charge in [0.05, 0.1) is 0 Å². The smallest absolute Gasteiger partial charge is 0.407 e. The Labute approximate surface area is 147 Å². The second kappa shape index (κ2) is 9.80. The minimum atomic E-state index is -0.750. The van der Waals surface area contributed by atoms with E-state index < -0.39 is 17.7 Å². The molecule has 0 radical (unpaired) electrons. The number of hydrogen-bond acceptors (Lipinski definition) is 6. The van der Waals surface area contributed by atoms with E-state index in [4.69, 9.17) is 9.47 Å². The molecule has 0 aliphatic heterocycles. The van der Waals surface area contributed by atoms with E-state index in [0.717, 1.165) is 12.8 Å². The van der Waals surface area contributed by atoms with Crippen LogP contribution in [0.3, 0.4) is 0 Å². The maximum absolute atomic E-state index is 11.7. The van der Waals surface area contributed by atoms with Gasteiger partial charge < -0.3 is 14.8 Å². The summed E-state index contributed by atoms with van der Waals surface area (Å²) in [7, 11) is 0. The van der Waals surface area contributed by atoms with Crippen LogP contribution < -0.4 is 5.32 Å². The van der Waals surface area contributed by atoms with Gasteiger partial charge in [0.1, 0.15) is 11.4 Å². The third-order valence-corrected chi connectivity index (χ3v) is 3.27. The maximum Gasteiger partial charge on any atom is 0.407 e. The molecular weight excluding hydrogens is 328 g/mol. The Balaban J connectivity index is 2.09. The Kier molecular flexibility index (Phi) is 8.10. The molecule has 0 aromatic carbocycles. The number of carbonyl (C=O) groups excluding carboxylic acids is 2. The number of carbonyl (C=O) groups is 2. The molecule has 8 nitrogen and oxygen atoms in total. The Morgan fingerprint density at radius 1 is 1.32 bits per heavy atom. The van der Waals surface area contributed by atoms with Crippen LogP contribution in [0.1, 0.15) is 52.9 Å². The predicted molar refractivity (Wildman–Crippen MR) is 91.4 cm³/mol. The van der Waals surface area contributed by atoms with Crippen molar-refractivity contribution in [2.45, 2.75) is 64.5 Å². The first-order chi connectivity index (χ1) is 11.7. The van der Waals surface area contributed by atoms with Crippen molar-refractivity contribution in [2.75, 3.05) is 6.54 Å². The molecule has 0 fully saturated rings. The molecule has 1 atom stereocenters. The zero-order chi connectivity index (χ0) is 18.9. The molecule has 140 valence electrons. The van der Waals surface area contributed by atoms with Crippen molar-refractivity contribution in [1.82, 2.24) is 5.32 Å². The zero-order valence-electron chi connectivity index (χ0n) is 14.9. The predicted octanol–water partition coefficient (Wildman–Crippen LogP) is 3.10. The molecule has 1 aliphatic rings. The van der Waals surface area contributed by atoms with Crippen molar-refractivity contribution >= 4 is 12.1 Å². The zero-order valence-corrected chi connectivity index (χ0v) is 14.9. The highest BCUT2D eigenvalue weighted by Crippen LogP contribution is 2.15. The molecule has 1 aliphatic carbocycles. The van der Waals surface area contributed by atoms with E-state index in [1.165, 1.54) is 12.2 Å². The van der Waals surface area contributed by atoms with E-state index in [0.29, 0.717) is 18.7 Å². The molecule has 0 spiro atoms. The van der Waals surface area contributed by atoms with Crippen molar-refractivity contribution in [2.24, 2.45) is 0 Å². The van der Waals surface area contributed by atoms with Crippen LogP contribution in [0.25, 0.3) is 0 Å². The quantitative estimate of drug-likeness (QED) is 0.310. The lowest BCUT2D eigenvalue weighted by Crippen LogP contribution is -2.32. The van der Waals surface area contributed by atoms with Crippen molar-refractivity contribution in [3.63, 3.8) is 0 Å². The Bertz CT molecular complexity index is 548. The molecule has 0 saturated heterocycles. The Morgan fingerprint density at radius 3 is 2.60 bits per heavy atom. The van der Waals surface area contributed by atoms with Crippen LogP contribution in [0.5, 0.6) is 0 Å². The fraction of sp³-hybridized carbons (Fsp3) is 0.647. The van der Waals surface area contributed by atoms with E-state index in [1.54, 1.807) is 26.8 Å². The minimum Gasteiger partial charge on any atom is -0.444 e. The Morgan fingerprint density at radius 2 is 2.04 bits per heavy atom. The molecule has 0 saturated carbocycles. The van der Waals surface area contributed by atoms with E-state index in [9.17, 15) is 19.7 Å². The first kappa shape index (κ1) is 20.7. The van der Waals surface area contributed by atoms with Crippen LogP contribution in [0.4, 0.5) is 4.79 Å². The summed E-state index contributed by atoms with van der Waals surface area (Å²) in [5.41, 5.74) is -0.518. The summed E-state index contributed by atoms with van der Waals surface area (Å²) in [6.07, 6.45) is 6.61. The van der Waals surface area contributed by atoms with Gasteiger partial charge in [0.2, 0.25) is 6.04 Å². The summed E-state index contributed by atoms with van der Waals surface area (Å²) < 4.78 is 10.3. The van der Waals surface area contributed by atoms with E-state index in [-0.39, 0.29) is 23.7 Å². The third kappa shape index (κ3) is 9.49. The van der Waals surface area contributed by atoms with Gasteiger partial charge in [0.25, 0.3) is 0 Å². The number of allylic oxidation sites excluding steroid dienone is 1. The number of nitro groups is 1. The lowest BCUT2D eigenvalue weighted by atomic mass is 10.1. The van der Waals surface area contributed by atoms with Gasteiger partial charge in [0, 0.05) is 24.3 Å². The molecule has 1 unspecified atom stereocenters. The summed E-state index contributed by atoms with van der Waals surface area (Å²) in [5, 5.41) is 13.3. The van der Waals surface area contributed by atoms with Gasteiger partial charge in [-0.1, -0.05) is 6.42 Å². The van der Waals surface area contributed by atoms with Gasteiger partial charge in [0.15, 0.2) is 0 Å². The fourth-order valence-corrected chi connectivity index (χ4v) is 2.08. The summed E-state index contributed by atoms with van der Waals surface area (Å²) in [6.45, 7) is 5.88. The average molecular weight is 354 g/mol. The van der Waals surface area contributed by atoms with Crippen LogP contribution in [0, 0.1) is 10.1 Å². The van der Waals surface area contributed by atoms with Crippen molar-refractivity contribution in [3.05, 3.63) is 34.1 Å². The molecule has 0 bridgehead atoms. The summed E-state index contributed by atoms with van der Waals surface area (Å²) >= 11 is 0. The van der Waals surface area contributed by atoms with Gasteiger partial charge in [-0.05, 0) is 51.8 Å². The highest BCUT2D eigenvalue weighted by atomic mass is 16.6. The largest absolute Gasteiger partial charge is 0.444 e. The summed E-state index contributed by atoms with van der Waals surface area (Å²) in [5.74, 6) is -0.00903. The monoisotopic (exact) mass is 354 g/mol. The van der Waals surface area contributed by atoms with Crippen molar-refractivity contribution in [3.8, 4) is 0 Å². The normalized spacial score (nSPS) is 16.8. The number of ether oxygens (including phenoxy) is 2. The van der Waals surface area contributed by atoms with Crippen molar-refractivity contribution in [1.29, 1.82) is 0 Å². The lowest BCUT2D eigenvalue weighted by Gasteiger charge is -2.19. The first-order valence-electron chi connectivity index (χ1n) is 8.37. The SMILES string of the molecule is CC(C)(C)OC(=O)NCCCCCC(=O)OC1=CCC([N+](=O)[O-])C=C1. The van der Waals surface area contributed by atoms with E-state index in [2.05, 4.69) is 5.32 Å².